The molecule has 1 aromatic heterocycles. The van der Waals surface area contributed by atoms with Crippen molar-refractivity contribution in [3.8, 4) is 12.1 Å². The second-order valence-corrected chi connectivity index (χ2v) is 7.55. The van der Waals surface area contributed by atoms with Gasteiger partial charge in [0.15, 0.2) is 17.9 Å². The summed E-state index contributed by atoms with van der Waals surface area (Å²) in [4.78, 5) is 14.4. The minimum absolute atomic E-state index is 0.00908. The van der Waals surface area contributed by atoms with Gasteiger partial charge in [0.25, 0.3) is 0 Å². The molecule has 2 aliphatic heterocycles. The molecule has 4 nitrogen and oxygen atoms in total. The van der Waals surface area contributed by atoms with Gasteiger partial charge in [-0.2, -0.15) is 10.5 Å². The zero-order valence-electron chi connectivity index (χ0n) is 13.6. The Morgan fingerprint density at radius 3 is 2.60 bits per heavy atom. The van der Waals surface area contributed by atoms with Gasteiger partial charge in [0.2, 0.25) is 5.41 Å². The Bertz CT molecular complexity index is 934. The molecule has 1 unspecified atom stereocenters. The zero-order chi connectivity index (χ0) is 17.6. The van der Waals surface area contributed by atoms with E-state index in [-0.39, 0.29) is 11.8 Å². The minimum atomic E-state index is -1.28. The predicted molar refractivity (Wildman–Crippen MR) is 94.4 cm³/mol. The molecule has 0 radical (unpaired) electrons. The third-order valence-corrected chi connectivity index (χ3v) is 6.35. The first-order valence-corrected chi connectivity index (χ1v) is 9.02. The largest absolute Gasteiger partial charge is 0.293 e. The van der Waals surface area contributed by atoms with Crippen LogP contribution in [0.4, 0.5) is 0 Å². The van der Waals surface area contributed by atoms with E-state index in [1.165, 1.54) is 11.3 Å². The molecule has 25 heavy (non-hydrogen) atoms. The average Bonchev–Trinajstić information content (AvgIpc) is 3.25. The fourth-order valence-electron chi connectivity index (χ4n) is 4.43. The third kappa shape index (κ3) is 2.04. The summed E-state index contributed by atoms with van der Waals surface area (Å²) in [7, 11) is 0. The SMILES string of the molecule is CC(=O)[C@H]1[C@H](c2cccs2)C(C#N)(C#N)[C@H]2c3ccccc3C=C[NH+]12. The summed E-state index contributed by atoms with van der Waals surface area (Å²) in [6.07, 6.45) is 3.95. The van der Waals surface area contributed by atoms with Crippen molar-refractivity contribution in [3.05, 3.63) is 64.0 Å². The van der Waals surface area contributed by atoms with Crippen molar-refractivity contribution in [2.75, 3.05) is 0 Å². The van der Waals surface area contributed by atoms with Crippen molar-refractivity contribution in [2.24, 2.45) is 5.41 Å². The van der Waals surface area contributed by atoms with Crippen LogP contribution >= 0.6 is 11.3 Å². The van der Waals surface area contributed by atoms with Gasteiger partial charge in [-0.15, -0.1) is 11.3 Å². The van der Waals surface area contributed by atoms with Crippen molar-refractivity contribution in [1.29, 1.82) is 10.5 Å². The van der Waals surface area contributed by atoms with Crippen LogP contribution in [0.1, 0.15) is 34.9 Å². The molecule has 2 aliphatic rings. The lowest BCUT2D eigenvalue weighted by Gasteiger charge is -2.29. The van der Waals surface area contributed by atoms with E-state index in [1.807, 2.05) is 54.1 Å². The number of Topliss-reactive ketones (excluding diaryl/α,β-unsaturated/α-hetero) is 1. The molecule has 0 aliphatic carbocycles. The van der Waals surface area contributed by atoms with E-state index in [0.29, 0.717) is 0 Å². The lowest BCUT2D eigenvalue weighted by atomic mass is 9.70. The summed E-state index contributed by atoms with van der Waals surface area (Å²) >= 11 is 1.51. The minimum Gasteiger partial charge on any atom is -0.293 e. The number of ketones is 1. The maximum atomic E-state index is 12.6. The summed E-state index contributed by atoms with van der Waals surface area (Å²) in [6, 6.07) is 15.5. The van der Waals surface area contributed by atoms with Crippen LogP contribution < -0.4 is 4.90 Å². The molecule has 2 aromatic rings. The number of nitrogens with one attached hydrogen (secondary N) is 1. The molecule has 1 N–H and O–H groups in total. The van der Waals surface area contributed by atoms with Gasteiger partial charge in [0, 0.05) is 17.4 Å². The van der Waals surface area contributed by atoms with Crippen LogP contribution in [0, 0.1) is 28.1 Å². The molecule has 3 heterocycles. The lowest BCUT2D eigenvalue weighted by Crippen LogP contribution is -3.11. The maximum absolute atomic E-state index is 12.6. The highest BCUT2D eigenvalue weighted by Crippen LogP contribution is 2.52. The Labute approximate surface area is 150 Å². The van der Waals surface area contributed by atoms with Crippen molar-refractivity contribution in [2.45, 2.75) is 24.9 Å². The number of carbonyl (C=O) groups excluding carboxylic acids is 1. The van der Waals surface area contributed by atoms with E-state index in [2.05, 4.69) is 12.1 Å². The molecule has 4 rings (SSSR count). The van der Waals surface area contributed by atoms with E-state index in [4.69, 9.17) is 0 Å². The number of quaternary nitrogens is 1. The Kier molecular flexibility index (Phi) is 3.58. The zero-order valence-corrected chi connectivity index (χ0v) is 14.5. The number of rotatable bonds is 2. The van der Waals surface area contributed by atoms with Gasteiger partial charge < -0.3 is 0 Å². The molecule has 5 heteroatoms. The Morgan fingerprint density at radius 2 is 1.96 bits per heavy atom. The molecular formula is C20H16N3OS+. The van der Waals surface area contributed by atoms with Gasteiger partial charge in [-0.1, -0.05) is 30.3 Å². The van der Waals surface area contributed by atoms with Crippen molar-refractivity contribution >= 4 is 23.2 Å². The van der Waals surface area contributed by atoms with Crippen LogP contribution in [0.2, 0.25) is 0 Å². The number of nitrogens with zero attached hydrogens (tertiary/aromatic N) is 2. The summed E-state index contributed by atoms with van der Waals surface area (Å²) in [6.45, 7) is 1.56. The Hall–Kier alpha value is -2.73. The van der Waals surface area contributed by atoms with Crippen LogP contribution in [-0.2, 0) is 4.79 Å². The van der Waals surface area contributed by atoms with Gasteiger partial charge in [-0.05, 0) is 23.1 Å². The van der Waals surface area contributed by atoms with Crippen LogP contribution in [0.3, 0.4) is 0 Å². The summed E-state index contributed by atoms with van der Waals surface area (Å²) in [5.41, 5.74) is 0.700. The first-order valence-electron chi connectivity index (χ1n) is 8.14. The molecule has 122 valence electrons. The highest BCUT2D eigenvalue weighted by Gasteiger charge is 2.67. The quantitative estimate of drug-likeness (QED) is 0.908. The standard InChI is InChI=1S/C20H15N3OS/c1-13(24)18-17(16-7-4-10-25-16)20(11-21,12-22)19-15-6-3-2-5-14(15)8-9-23(18)19/h2-10,17-19H,1H3/p+1/t17-,18-,19+/m0/s1. The topological polar surface area (TPSA) is 69.1 Å². The smallest absolute Gasteiger partial charge is 0.213 e. The molecule has 0 spiro atoms. The summed E-state index contributed by atoms with van der Waals surface area (Å²) in [5, 5.41) is 22.2. The molecule has 0 bridgehead atoms. The number of fused-ring (bicyclic) bond motifs is 3. The molecule has 1 aromatic carbocycles. The molecule has 4 atom stereocenters. The number of thiophene rings is 1. The molecule has 1 fully saturated rings. The molecule has 1 saturated heterocycles. The monoisotopic (exact) mass is 346 g/mol. The van der Waals surface area contributed by atoms with E-state index < -0.39 is 17.4 Å². The van der Waals surface area contributed by atoms with Gasteiger partial charge in [0.05, 0.1) is 24.3 Å². The summed E-state index contributed by atoms with van der Waals surface area (Å²) in [5.74, 6) is -0.425. The van der Waals surface area contributed by atoms with Gasteiger partial charge in [0.1, 0.15) is 0 Å². The van der Waals surface area contributed by atoms with E-state index in [9.17, 15) is 15.3 Å². The maximum Gasteiger partial charge on any atom is 0.213 e. The Balaban J connectivity index is 2.02. The molecule has 0 amide bonds. The first-order chi connectivity index (χ1) is 12.1. The van der Waals surface area contributed by atoms with E-state index in [0.717, 1.165) is 20.9 Å². The average molecular weight is 346 g/mol. The second kappa shape index (κ2) is 5.67. The third-order valence-electron chi connectivity index (χ3n) is 5.39. The van der Waals surface area contributed by atoms with Crippen LogP contribution in [0.15, 0.2) is 48.0 Å². The number of carbonyl (C=O) groups is 1. The van der Waals surface area contributed by atoms with Crippen molar-refractivity contribution in [3.63, 3.8) is 0 Å². The number of hydrogen-bond donors (Lipinski definition) is 1. The van der Waals surface area contributed by atoms with E-state index in [1.54, 1.807) is 6.92 Å². The number of nitriles is 2. The van der Waals surface area contributed by atoms with Crippen LogP contribution in [0.5, 0.6) is 0 Å². The second-order valence-electron chi connectivity index (χ2n) is 6.57. The first kappa shape index (κ1) is 15.8. The predicted octanol–water partition coefficient (Wildman–Crippen LogP) is 2.45. The summed E-state index contributed by atoms with van der Waals surface area (Å²) < 4.78 is 0. The number of benzene rings is 1. The fraction of sp³-hybridized carbons (Fsp3) is 0.250. The van der Waals surface area contributed by atoms with Crippen molar-refractivity contribution in [1.82, 2.24) is 0 Å². The molecule has 0 saturated carbocycles. The lowest BCUT2D eigenvalue weighted by molar-refractivity contribution is -0.885. The van der Waals surface area contributed by atoms with Crippen molar-refractivity contribution < 1.29 is 9.69 Å². The van der Waals surface area contributed by atoms with Gasteiger partial charge >= 0.3 is 0 Å². The highest BCUT2D eigenvalue weighted by atomic mass is 32.1. The highest BCUT2D eigenvalue weighted by molar-refractivity contribution is 7.10. The van der Waals surface area contributed by atoms with Gasteiger partial charge in [-0.3, -0.25) is 9.69 Å². The van der Waals surface area contributed by atoms with Crippen LogP contribution in [-0.4, -0.2) is 11.8 Å². The molecular weight excluding hydrogens is 330 g/mol. The Morgan fingerprint density at radius 1 is 1.20 bits per heavy atom. The van der Waals surface area contributed by atoms with Crippen LogP contribution in [0.25, 0.3) is 6.08 Å². The normalized spacial score (nSPS) is 28.4. The van der Waals surface area contributed by atoms with Gasteiger partial charge in [-0.25, -0.2) is 0 Å². The van der Waals surface area contributed by atoms with E-state index >= 15 is 0 Å². The number of hydrogen-bond acceptors (Lipinski definition) is 4. The fourth-order valence-corrected chi connectivity index (χ4v) is 5.37.